The van der Waals surface area contributed by atoms with Crippen molar-refractivity contribution in [3.8, 4) is 0 Å². The molecule has 0 heterocycles. The van der Waals surface area contributed by atoms with E-state index in [-0.39, 0.29) is 0 Å². The summed E-state index contributed by atoms with van der Waals surface area (Å²) in [5, 5.41) is 7.42. The molecule has 0 spiro atoms. The van der Waals surface area contributed by atoms with Crippen LogP contribution < -0.4 is 0 Å². The molecule has 0 radical (unpaired) electrons. The largest absolute Gasteiger partial charge is 0.481 e. The van der Waals surface area contributed by atoms with E-state index in [9.17, 15) is 0 Å². The summed E-state index contributed by atoms with van der Waals surface area (Å²) in [5.41, 5.74) is 0. The van der Waals surface area contributed by atoms with Crippen molar-refractivity contribution in [1.29, 1.82) is 0 Å². The van der Waals surface area contributed by atoms with E-state index in [1.54, 1.807) is 14.2 Å². The minimum absolute atomic E-state index is 0.833. The fourth-order valence-electron chi connectivity index (χ4n) is 0.391. The van der Waals surface area contributed by atoms with Gasteiger partial charge in [0.2, 0.25) is 0 Å². The van der Waals surface area contributed by atoms with E-state index in [0.29, 0.717) is 0 Å². The first-order chi connectivity index (χ1) is 6.56. The number of aliphatic carboxylic acids is 1. The van der Waals surface area contributed by atoms with Crippen molar-refractivity contribution >= 4 is 5.97 Å². The molecular formula is C10H24O4. The molecule has 0 atom stereocenters. The van der Waals surface area contributed by atoms with Crippen LogP contribution in [-0.4, -0.2) is 38.5 Å². The van der Waals surface area contributed by atoms with E-state index in [0.717, 1.165) is 33.0 Å². The molecular weight excluding hydrogens is 184 g/mol. The Morgan fingerprint density at radius 1 is 1.14 bits per heavy atom. The number of ether oxygens (including phenoxy) is 2. The maximum Gasteiger partial charge on any atom is 0.300 e. The average molecular weight is 208 g/mol. The van der Waals surface area contributed by atoms with Crippen LogP contribution in [-0.2, 0) is 14.3 Å². The first-order valence-corrected chi connectivity index (χ1v) is 4.74. The molecule has 0 aromatic heterocycles. The van der Waals surface area contributed by atoms with E-state index in [1.165, 1.54) is 0 Å². The van der Waals surface area contributed by atoms with Crippen LogP contribution in [0.3, 0.4) is 0 Å². The lowest BCUT2D eigenvalue weighted by atomic mass is 10.5. The molecule has 0 rings (SSSR count). The molecule has 14 heavy (non-hydrogen) atoms. The Bertz CT molecular complexity index is 86.1. The molecule has 0 bridgehead atoms. The van der Waals surface area contributed by atoms with E-state index in [1.807, 2.05) is 0 Å². The topological polar surface area (TPSA) is 55.8 Å². The summed E-state index contributed by atoms with van der Waals surface area (Å²) >= 11 is 0. The Kier molecular flexibility index (Phi) is 31.1. The number of hydrogen-bond donors (Lipinski definition) is 1. The molecule has 0 aliphatic carbocycles. The first-order valence-electron chi connectivity index (χ1n) is 4.74. The lowest BCUT2D eigenvalue weighted by Gasteiger charge is -1.95. The Hall–Kier alpha value is -0.610. The number of hydrogen-bond acceptors (Lipinski definition) is 3. The molecule has 1 N–H and O–H groups in total. The highest BCUT2D eigenvalue weighted by atomic mass is 16.5. The summed E-state index contributed by atoms with van der Waals surface area (Å²) < 4.78 is 9.38. The second kappa shape index (κ2) is 22.8. The van der Waals surface area contributed by atoms with Gasteiger partial charge >= 0.3 is 0 Å². The summed E-state index contributed by atoms with van der Waals surface area (Å²) in [6.45, 7) is 7.17. The molecule has 4 nitrogen and oxygen atoms in total. The molecule has 4 heteroatoms. The monoisotopic (exact) mass is 208 g/mol. The zero-order valence-electron chi connectivity index (χ0n) is 10.0. The van der Waals surface area contributed by atoms with Crippen LogP contribution in [0.5, 0.6) is 0 Å². The van der Waals surface area contributed by atoms with E-state index in [4.69, 9.17) is 14.6 Å². The van der Waals surface area contributed by atoms with Gasteiger partial charge in [0.05, 0.1) is 0 Å². The van der Waals surface area contributed by atoms with E-state index >= 15 is 0 Å². The molecule has 0 amide bonds. The van der Waals surface area contributed by atoms with Crippen molar-refractivity contribution in [1.82, 2.24) is 0 Å². The summed E-state index contributed by atoms with van der Waals surface area (Å²) in [5.74, 6) is -0.833. The molecule has 0 aromatic rings. The van der Waals surface area contributed by atoms with Crippen LogP contribution in [0.1, 0.15) is 33.6 Å². The van der Waals surface area contributed by atoms with Gasteiger partial charge in [0.1, 0.15) is 0 Å². The molecule has 0 aliphatic heterocycles. The highest BCUT2D eigenvalue weighted by Crippen LogP contribution is 1.81. The molecule has 0 saturated carbocycles. The van der Waals surface area contributed by atoms with Gasteiger partial charge in [0.15, 0.2) is 0 Å². The predicted molar refractivity (Wildman–Crippen MR) is 57.6 cm³/mol. The Labute approximate surface area is 87.2 Å². The van der Waals surface area contributed by atoms with Gasteiger partial charge in [-0.2, -0.15) is 0 Å². The van der Waals surface area contributed by atoms with Gasteiger partial charge in [0.25, 0.3) is 5.97 Å². The van der Waals surface area contributed by atoms with Gasteiger partial charge in [0, 0.05) is 34.4 Å². The van der Waals surface area contributed by atoms with Crippen LogP contribution >= 0.6 is 0 Å². The van der Waals surface area contributed by atoms with Crippen LogP contribution in [0.2, 0.25) is 0 Å². The van der Waals surface area contributed by atoms with Crippen LogP contribution in [0, 0.1) is 0 Å². The first kappa shape index (κ1) is 19.0. The highest BCUT2D eigenvalue weighted by molar-refractivity contribution is 5.62. The average Bonchev–Trinajstić information content (AvgIpc) is 2.06. The SMILES string of the molecule is CC(=O)O.CCCOCCC.COC. The zero-order valence-corrected chi connectivity index (χ0v) is 10.0. The minimum Gasteiger partial charge on any atom is -0.481 e. The normalized spacial score (nSPS) is 7.79. The molecule has 0 aliphatic rings. The Morgan fingerprint density at radius 2 is 1.36 bits per heavy atom. The summed E-state index contributed by atoms with van der Waals surface area (Å²) in [6, 6.07) is 0. The number of rotatable bonds is 4. The number of carboxylic acid groups (broad SMARTS) is 1. The van der Waals surface area contributed by atoms with Crippen molar-refractivity contribution < 1.29 is 19.4 Å². The summed E-state index contributed by atoms with van der Waals surface area (Å²) in [4.78, 5) is 9.00. The predicted octanol–water partition coefficient (Wildman–Crippen LogP) is 2.18. The summed E-state index contributed by atoms with van der Waals surface area (Å²) in [6.07, 6.45) is 2.28. The molecule has 0 unspecified atom stereocenters. The van der Waals surface area contributed by atoms with Crippen molar-refractivity contribution in [2.45, 2.75) is 33.6 Å². The van der Waals surface area contributed by atoms with Gasteiger partial charge in [-0.05, 0) is 12.8 Å². The van der Waals surface area contributed by atoms with Gasteiger partial charge < -0.3 is 14.6 Å². The van der Waals surface area contributed by atoms with Crippen molar-refractivity contribution in [2.24, 2.45) is 0 Å². The van der Waals surface area contributed by atoms with Gasteiger partial charge in [-0.25, -0.2) is 0 Å². The molecule has 0 aromatic carbocycles. The lowest BCUT2D eigenvalue weighted by Crippen LogP contribution is -1.92. The lowest BCUT2D eigenvalue weighted by molar-refractivity contribution is -0.134. The second-order valence-corrected chi connectivity index (χ2v) is 2.54. The summed E-state index contributed by atoms with van der Waals surface area (Å²) in [7, 11) is 3.25. The van der Waals surface area contributed by atoms with Crippen molar-refractivity contribution in [2.75, 3.05) is 27.4 Å². The standard InChI is InChI=1S/C6H14O.C2H4O2.C2H6O/c1-3-5-7-6-4-2;1-2(3)4;1-3-2/h3-6H2,1-2H3;1H3,(H,3,4);1-2H3. The number of carbonyl (C=O) groups is 1. The van der Waals surface area contributed by atoms with Gasteiger partial charge in [-0.1, -0.05) is 13.8 Å². The molecule has 0 saturated heterocycles. The van der Waals surface area contributed by atoms with Crippen LogP contribution in [0.4, 0.5) is 0 Å². The molecule has 0 fully saturated rings. The smallest absolute Gasteiger partial charge is 0.300 e. The highest BCUT2D eigenvalue weighted by Gasteiger charge is 1.77. The fourth-order valence-corrected chi connectivity index (χ4v) is 0.391. The third-order valence-corrected chi connectivity index (χ3v) is 0.697. The number of methoxy groups -OCH3 is 1. The fraction of sp³-hybridized carbons (Fsp3) is 0.900. The van der Waals surface area contributed by atoms with E-state index < -0.39 is 5.97 Å². The quantitative estimate of drug-likeness (QED) is 0.719. The van der Waals surface area contributed by atoms with Crippen LogP contribution in [0.25, 0.3) is 0 Å². The second-order valence-electron chi connectivity index (χ2n) is 2.54. The minimum atomic E-state index is -0.833. The van der Waals surface area contributed by atoms with E-state index in [2.05, 4.69) is 18.6 Å². The van der Waals surface area contributed by atoms with Crippen molar-refractivity contribution in [3.63, 3.8) is 0 Å². The van der Waals surface area contributed by atoms with Crippen LogP contribution in [0.15, 0.2) is 0 Å². The third kappa shape index (κ3) is 107. The van der Waals surface area contributed by atoms with Gasteiger partial charge in [-0.3, -0.25) is 4.79 Å². The maximum absolute atomic E-state index is 9.00. The molecule has 88 valence electrons. The Balaban J connectivity index is -0.000000147. The number of carboxylic acids is 1. The Morgan fingerprint density at radius 3 is 1.50 bits per heavy atom. The zero-order chi connectivity index (χ0) is 11.8. The maximum atomic E-state index is 9.00. The van der Waals surface area contributed by atoms with Gasteiger partial charge in [-0.15, -0.1) is 0 Å². The van der Waals surface area contributed by atoms with Crippen molar-refractivity contribution in [3.05, 3.63) is 0 Å². The third-order valence-electron chi connectivity index (χ3n) is 0.697.